The Balaban J connectivity index is 1.76. The van der Waals surface area contributed by atoms with Gasteiger partial charge in [0.25, 0.3) is 0 Å². The lowest BCUT2D eigenvalue weighted by Crippen LogP contribution is -2.13. The first-order chi connectivity index (χ1) is 14.7. The molecule has 4 aromatic rings. The zero-order valence-electron chi connectivity index (χ0n) is 17.1. The molecule has 1 aromatic heterocycles. The molecule has 0 aliphatic heterocycles. The lowest BCUT2D eigenvalue weighted by molar-refractivity contribution is 0.480. The predicted molar refractivity (Wildman–Crippen MR) is 125 cm³/mol. The highest BCUT2D eigenvalue weighted by atomic mass is 35.5. The highest BCUT2D eigenvalue weighted by Gasteiger charge is 2.20. The van der Waals surface area contributed by atoms with Gasteiger partial charge in [-0.15, -0.1) is 0 Å². The lowest BCUT2D eigenvalue weighted by atomic mass is 10.2. The normalized spacial score (nSPS) is 11.9. The zero-order chi connectivity index (χ0) is 22.3. The van der Waals surface area contributed by atoms with E-state index in [2.05, 4.69) is 4.98 Å². The molecule has 5 nitrogen and oxygen atoms in total. The van der Waals surface area contributed by atoms with Crippen molar-refractivity contribution in [2.45, 2.75) is 30.9 Å². The number of para-hydroxylation sites is 1. The number of rotatable bonds is 5. The van der Waals surface area contributed by atoms with Crippen molar-refractivity contribution in [2.75, 3.05) is 0 Å². The monoisotopic (exact) mass is 474 g/mol. The Labute approximate surface area is 191 Å². The second-order valence-electron chi connectivity index (χ2n) is 7.39. The van der Waals surface area contributed by atoms with Crippen LogP contribution in [-0.2, 0) is 9.84 Å². The SMILES string of the molecule is Cc1nc2c(Cl)cccc2n1-c1cc(Oc2cccc(S(=O)(=O)C(C)C)c2)ccc1Cl. The van der Waals surface area contributed by atoms with Crippen LogP contribution in [0.1, 0.15) is 19.7 Å². The Kier molecular flexibility index (Phi) is 5.73. The first-order valence-corrected chi connectivity index (χ1v) is 11.9. The van der Waals surface area contributed by atoms with Crippen molar-refractivity contribution in [3.63, 3.8) is 0 Å². The molecule has 8 heteroatoms. The Bertz CT molecular complexity index is 1400. The second-order valence-corrected chi connectivity index (χ2v) is 10.7. The van der Waals surface area contributed by atoms with E-state index in [0.717, 1.165) is 11.3 Å². The highest BCUT2D eigenvalue weighted by molar-refractivity contribution is 7.92. The smallest absolute Gasteiger partial charge is 0.180 e. The first kappa shape index (κ1) is 21.7. The number of ether oxygens (including phenoxy) is 1. The average molecular weight is 475 g/mol. The molecule has 1 heterocycles. The van der Waals surface area contributed by atoms with E-state index in [4.69, 9.17) is 27.9 Å². The molecule has 0 bridgehead atoms. The van der Waals surface area contributed by atoms with Crippen molar-refractivity contribution in [2.24, 2.45) is 0 Å². The number of halogens is 2. The first-order valence-electron chi connectivity index (χ1n) is 9.64. The number of imidazole rings is 1. The number of sulfone groups is 1. The van der Waals surface area contributed by atoms with Crippen LogP contribution in [0, 0.1) is 6.92 Å². The predicted octanol–water partition coefficient (Wildman–Crippen LogP) is 6.62. The van der Waals surface area contributed by atoms with E-state index in [1.807, 2.05) is 23.6 Å². The molecule has 31 heavy (non-hydrogen) atoms. The van der Waals surface area contributed by atoms with Crippen molar-refractivity contribution in [3.05, 3.63) is 76.5 Å². The van der Waals surface area contributed by atoms with Crippen LogP contribution in [0.4, 0.5) is 0 Å². The number of aromatic nitrogens is 2. The van der Waals surface area contributed by atoms with Crippen LogP contribution in [0.25, 0.3) is 16.7 Å². The minimum atomic E-state index is -3.40. The van der Waals surface area contributed by atoms with Crippen molar-refractivity contribution >= 4 is 44.1 Å². The Hall–Kier alpha value is -2.54. The van der Waals surface area contributed by atoms with Crippen LogP contribution >= 0.6 is 23.2 Å². The van der Waals surface area contributed by atoms with Gasteiger partial charge in [0.05, 0.1) is 31.4 Å². The summed E-state index contributed by atoms with van der Waals surface area (Å²) in [4.78, 5) is 4.79. The van der Waals surface area contributed by atoms with Gasteiger partial charge in [0.1, 0.15) is 22.8 Å². The zero-order valence-corrected chi connectivity index (χ0v) is 19.5. The molecule has 0 aliphatic carbocycles. The second kappa shape index (κ2) is 8.19. The fraction of sp³-hybridized carbons (Fsp3) is 0.174. The molecule has 0 N–H and O–H groups in total. The van der Waals surface area contributed by atoms with Gasteiger partial charge in [-0.2, -0.15) is 0 Å². The summed E-state index contributed by atoms with van der Waals surface area (Å²) >= 11 is 12.8. The summed E-state index contributed by atoms with van der Waals surface area (Å²) in [6.45, 7) is 5.18. The molecule has 160 valence electrons. The van der Waals surface area contributed by atoms with E-state index in [1.165, 1.54) is 6.07 Å². The van der Waals surface area contributed by atoms with Crippen LogP contribution < -0.4 is 4.74 Å². The third kappa shape index (κ3) is 4.03. The maximum Gasteiger partial charge on any atom is 0.180 e. The lowest BCUT2D eigenvalue weighted by Gasteiger charge is -2.13. The van der Waals surface area contributed by atoms with Gasteiger partial charge in [-0.3, -0.25) is 4.57 Å². The van der Waals surface area contributed by atoms with Gasteiger partial charge in [-0.1, -0.05) is 35.3 Å². The van der Waals surface area contributed by atoms with Gasteiger partial charge >= 0.3 is 0 Å². The van der Waals surface area contributed by atoms with Gasteiger partial charge in [-0.25, -0.2) is 13.4 Å². The fourth-order valence-electron chi connectivity index (χ4n) is 3.34. The van der Waals surface area contributed by atoms with Crippen LogP contribution in [-0.4, -0.2) is 23.2 Å². The summed E-state index contributed by atoms with van der Waals surface area (Å²) in [6, 6.07) is 17.3. The average Bonchev–Trinajstić information content (AvgIpc) is 3.07. The molecule has 0 amide bonds. The number of hydrogen-bond donors (Lipinski definition) is 0. The van der Waals surface area contributed by atoms with E-state index in [-0.39, 0.29) is 4.90 Å². The van der Waals surface area contributed by atoms with Crippen molar-refractivity contribution in [3.8, 4) is 17.2 Å². The summed E-state index contributed by atoms with van der Waals surface area (Å²) in [7, 11) is -3.40. The maximum absolute atomic E-state index is 12.5. The summed E-state index contributed by atoms with van der Waals surface area (Å²) in [6.07, 6.45) is 0. The molecule has 0 aliphatic rings. The molecule has 0 spiro atoms. The van der Waals surface area contributed by atoms with Crippen LogP contribution in [0.15, 0.2) is 65.6 Å². The third-order valence-electron chi connectivity index (χ3n) is 4.95. The van der Waals surface area contributed by atoms with Crippen molar-refractivity contribution in [1.82, 2.24) is 9.55 Å². The largest absolute Gasteiger partial charge is 0.457 e. The molecule has 4 rings (SSSR count). The summed E-state index contributed by atoms with van der Waals surface area (Å²) in [5, 5.41) is 0.561. The van der Waals surface area contributed by atoms with Crippen LogP contribution in [0.2, 0.25) is 10.0 Å². The number of aryl methyl sites for hydroxylation is 1. The number of benzene rings is 3. The maximum atomic E-state index is 12.5. The molecular formula is C23H20Cl2N2O3S. The molecule has 0 saturated carbocycles. The molecule has 3 aromatic carbocycles. The molecule has 0 fully saturated rings. The minimum Gasteiger partial charge on any atom is -0.457 e. The molecule has 0 unspecified atom stereocenters. The van der Waals surface area contributed by atoms with Gasteiger partial charge in [0, 0.05) is 6.07 Å². The summed E-state index contributed by atoms with van der Waals surface area (Å²) in [5.74, 6) is 1.67. The van der Waals surface area contributed by atoms with E-state index in [9.17, 15) is 8.42 Å². The van der Waals surface area contributed by atoms with Crippen molar-refractivity contribution in [1.29, 1.82) is 0 Å². The summed E-state index contributed by atoms with van der Waals surface area (Å²) < 4.78 is 32.9. The van der Waals surface area contributed by atoms with Crippen molar-refractivity contribution < 1.29 is 13.2 Å². The molecule has 0 saturated heterocycles. The highest BCUT2D eigenvalue weighted by Crippen LogP contribution is 2.34. The molecule has 0 atom stereocenters. The topological polar surface area (TPSA) is 61.2 Å². The van der Waals surface area contributed by atoms with E-state index < -0.39 is 15.1 Å². The molecular weight excluding hydrogens is 455 g/mol. The third-order valence-corrected chi connectivity index (χ3v) is 7.73. The minimum absolute atomic E-state index is 0.222. The van der Waals surface area contributed by atoms with Crippen LogP contribution in [0.3, 0.4) is 0 Å². The number of hydrogen-bond acceptors (Lipinski definition) is 4. The van der Waals surface area contributed by atoms with E-state index >= 15 is 0 Å². The summed E-state index contributed by atoms with van der Waals surface area (Å²) in [5.41, 5.74) is 2.21. The molecule has 0 radical (unpaired) electrons. The quantitative estimate of drug-likeness (QED) is 0.326. The van der Waals surface area contributed by atoms with Crippen LogP contribution in [0.5, 0.6) is 11.5 Å². The fourth-order valence-corrected chi connectivity index (χ4v) is 4.84. The Morgan fingerprint density at radius 2 is 1.65 bits per heavy atom. The van der Waals surface area contributed by atoms with E-state index in [0.29, 0.717) is 32.7 Å². The standard InChI is InChI=1S/C23H20Cl2N2O3S/c1-14(2)31(28,29)18-7-4-6-16(12-18)30-17-10-11-19(24)22(13-17)27-15(3)26-23-20(25)8-5-9-21(23)27/h4-14H,1-3H3. The number of fused-ring (bicyclic) bond motifs is 1. The van der Waals surface area contributed by atoms with Gasteiger partial charge in [0.15, 0.2) is 9.84 Å². The van der Waals surface area contributed by atoms with Gasteiger partial charge in [-0.05, 0) is 63.2 Å². The Morgan fingerprint density at radius 1 is 0.935 bits per heavy atom. The van der Waals surface area contributed by atoms with Gasteiger partial charge < -0.3 is 4.74 Å². The van der Waals surface area contributed by atoms with Gasteiger partial charge in [0.2, 0.25) is 0 Å². The van der Waals surface area contributed by atoms with E-state index in [1.54, 1.807) is 56.3 Å². The number of nitrogens with zero attached hydrogens (tertiary/aromatic N) is 2. The Morgan fingerprint density at radius 3 is 2.39 bits per heavy atom.